The number of aromatic nitrogens is 2. The fraction of sp³-hybridized carbons (Fsp3) is 0.357. The highest BCUT2D eigenvalue weighted by molar-refractivity contribution is 7.92. The molecule has 0 atom stereocenters. The first-order chi connectivity index (χ1) is 9.86. The van der Waals surface area contributed by atoms with E-state index in [1.165, 1.54) is 4.68 Å². The third kappa shape index (κ3) is 3.08. The number of anilines is 1. The Bertz CT molecular complexity index is 751. The van der Waals surface area contributed by atoms with Crippen molar-refractivity contribution in [3.63, 3.8) is 0 Å². The molecule has 1 heterocycles. The average molecular weight is 309 g/mol. The smallest absolute Gasteiger partial charge is 0.265 e. The molecular formula is C14H19N3O3S. The number of sulfonamides is 1. The minimum absolute atomic E-state index is 0.0906. The topological polar surface area (TPSA) is 84.2 Å². The summed E-state index contributed by atoms with van der Waals surface area (Å²) in [5.41, 5.74) is 2.33. The Morgan fingerprint density at radius 2 is 1.90 bits per heavy atom. The maximum absolute atomic E-state index is 12.6. The Morgan fingerprint density at radius 3 is 2.52 bits per heavy atom. The van der Waals surface area contributed by atoms with Crippen LogP contribution >= 0.6 is 0 Å². The molecule has 114 valence electrons. The summed E-state index contributed by atoms with van der Waals surface area (Å²) in [5, 5.41) is 13.2. The van der Waals surface area contributed by atoms with E-state index in [1.54, 1.807) is 26.0 Å². The van der Waals surface area contributed by atoms with Gasteiger partial charge in [0.05, 0.1) is 30.2 Å². The molecule has 0 unspecified atom stereocenters. The van der Waals surface area contributed by atoms with Gasteiger partial charge in [0.25, 0.3) is 10.0 Å². The zero-order valence-corrected chi connectivity index (χ0v) is 13.1. The number of aliphatic hydroxyl groups is 1. The Hall–Kier alpha value is -1.86. The van der Waals surface area contributed by atoms with Gasteiger partial charge in [-0.2, -0.15) is 5.10 Å². The molecule has 0 saturated carbocycles. The van der Waals surface area contributed by atoms with Crippen LogP contribution in [0, 0.1) is 20.8 Å². The fourth-order valence-corrected chi connectivity index (χ4v) is 3.81. The molecule has 21 heavy (non-hydrogen) atoms. The highest BCUT2D eigenvalue weighted by Gasteiger charge is 2.24. The van der Waals surface area contributed by atoms with Crippen molar-refractivity contribution in [2.45, 2.75) is 32.2 Å². The fourth-order valence-electron chi connectivity index (χ4n) is 2.27. The van der Waals surface area contributed by atoms with E-state index in [-0.39, 0.29) is 18.0 Å². The van der Waals surface area contributed by atoms with Crippen molar-refractivity contribution in [1.29, 1.82) is 0 Å². The van der Waals surface area contributed by atoms with Gasteiger partial charge in [0.1, 0.15) is 4.90 Å². The van der Waals surface area contributed by atoms with Gasteiger partial charge in [0.2, 0.25) is 0 Å². The SMILES string of the molecule is Cc1ccccc1NS(=O)(=O)c1c(C)nn(CCO)c1C. The monoisotopic (exact) mass is 309 g/mol. The number of hydrogen-bond acceptors (Lipinski definition) is 4. The molecule has 0 aliphatic rings. The molecule has 2 N–H and O–H groups in total. The molecule has 2 rings (SSSR count). The molecule has 7 heteroatoms. The average Bonchev–Trinajstić information content (AvgIpc) is 2.68. The van der Waals surface area contributed by atoms with Gasteiger partial charge in [-0.05, 0) is 32.4 Å². The van der Waals surface area contributed by atoms with E-state index in [4.69, 9.17) is 5.11 Å². The lowest BCUT2D eigenvalue weighted by atomic mass is 10.2. The van der Waals surface area contributed by atoms with Crippen LogP contribution in [0.1, 0.15) is 17.0 Å². The summed E-state index contributed by atoms with van der Waals surface area (Å²) in [5.74, 6) is 0. The van der Waals surface area contributed by atoms with Crippen LogP contribution in [0.25, 0.3) is 0 Å². The molecule has 0 fully saturated rings. The molecule has 1 aromatic heterocycles. The quantitative estimate of drug-likeness (QED) is 0.878. The van der Waals surface area contributed by atoms with Crippen LogP contribution in [-0.2, 0) is 16.6 Å². The van der Waals surface area contributed by atoms with E-state index in [9.17, 15) is 8.42 Å². The van der Waals surface area contributed by atoms with E-state index >= 15 is 0 Å². The van der Waals surface area contributed by atoms with Gasteiger partial charge < -0.3 is 5.11 Å². The number of rotatable bonds is 5. The molecule has 0 amide bonds. The van der Waals surface area contributed by atoms with Crippen molar-refractivity contribution >= 4 is 15.7 Å². The summed E-state index contributed by atoms with van der Waals surface area (Å²) in [6.45, 7) is 5.35. The van der Waals surface area contributed by atoms with E-state index < -0.39 is 10.0 Å². The maximum atomic E-state index is 12.6. The third-order valence-electron chi connectivity index (χ3n) is 3.29. The summed E-state index contributed by atoms with van der Waals surface area (Å²) in [6.07, 6.45) is 0. The Labute approximate surface area is 124 Å². The number of aliphatic hydroxyl groups excluding tert-OH is 1. The number of hydrogen-bond donors (Lipinski definition) is 2. The third-order valence-corrected chi connectivity index (χ3v) is 4.90. The second-order valence-electron chi connectivity index (χ2n) is 4.87. The van der Waals surface area contributed by atoms with E-state index in [0.717, 1.165) is 5.56 Å². The predicted octanol–water partition coefficient (Wildman–Crippen LogP) is 1.60. The predicted molar refractivity (Wildman–Crippen MR) is 80.8 cm³/mol. The Morgan fingerprint density at radius 1 is 1.24 bits per heavy atom. The van der Waals surface area contributed by atoms with Crippen LogP contribution in [0.2, 0.25) is 0 Å². The molecule has 6 nitrogen and oxygen atoms in total. The van der Waals surface area contributed by atoms with Crippen molar-refractivity contribution < 1.29 is 13.5 Å². The van der Waals surface area contributed by atoms with Crippen LogP contribution in [0.4, 0.5) is 5.69 Å². The second kappa shape index (κ2) is 5.87. The van der Waals surface area contributed by atoms with Gasteiger partial charge in [-0.1, -0.05) is 18.2 Å². The molecule has 0 aliphatic carbocycles. The van der Waals surface area contributed by atoms with Crippen LogP contribution in [0.3, 0.4) is 0 Å². The summed E-state index contributed by atoms with van der Waals surface area (Å²) < 4.78 is 29.3. The molecule has 0 aliphatic heterocycles. The van der Waals surface area contributed by atoms with Crippen molar-refractivity contribution in [2.24, 2.45) is 0 Å². The number of para-hydroxylation sites is 1. The van der Waals surface area contributed by atoms with Crippen molar-refractivity contribution in [1.82, 2.24) is 9.78 Å². The Balaban J connectivity index is 2.43. The Kier molecular flexibility index (Phi) is 4.34. The standard InChI is InChI=1S/C14H19N3O3S/c1-10-6-4-5-7-13(10)16-21(19,20)14-11(2)15-17(8-9-18)12(14)3/h4-7,16,18H,8-9H2,1-3H3. The van der Waals surface area contributed by atoms with E-state index in [0.29, 0.717) is 17.1 Å². The molecule has 0 saturated heterocycles. The lowest BCUT2D eigenvalue weighted by molar-refractivity contribution is 0.267. The minimum atomic E-state index is -3.71. The van der Waals surface area contributed by atoms with Gasteiger partial charge in [0, 0.05) is 0 Å². The first-order valence-corrected chi connectivity index (χ1v) is 8.08. The molecule has 0 bridgehead atoms. The lowest BCUT2D eigenvalue weighted by Gasteiger charge is -2.10. The number of aryl methyl sites for hydroxylation is 2. The van der Waals surface area contributed by atoms with Gasteiger partial charge in [0.15, 0.2) is 0 Å². The van der Waals surface area contributed by atoms with E-state index in [1.807, 2.05) is 19.1 Å². The molecular weight excluding hydrogens is 290 g/mol. The number of nitrogens with zero attached hydrogens (tertiary/aromatic N) is 2. The van der Waals surface area contributed by atoms with E-state index in [2.05, 4.69) is 9.82 Å². The summed E-state index contributed by atoms with van der Waals surface area (Å²) in [4.78, 5) is 0.166. The zero-order chi connectivity index (χ0) is 15.6. The first-order valence-electron chi connectivity index (χ1n) is 6.60. The summed E-state index contributed by atoms with van der Waals surface area (Å²) in [7, 11) is -3.71. The summed E-state index contributed by atoms with van der Waals surface area (Å²) >= 11 is 0. The maximum Gasteiger partial charge on any atom is 0.265 e. The normalized spacial score (nSPS) is 11.6. The van der Waals surface area contributed by atoms with Gasteiger partial charge in [-0.15, -0.1) is 0 Å². The number of nitrogens with one attached hydrogen (secondary N) is 1. The second-order valence-corrected chi connectivity index (χ2v) is 6.49. The van der Waals surface area contributed by atoms with Crippen LogP contribution < -0.4 is 4.72 Å². The first kappa shape index (κ1) is 15.5. The summed E-state index contributed by atoms with van der Waals surface area (Å²) in [6, 6.07) is 7.19. The zero-order valence-electron chi connectivity index (χ0n) is 12.3. The van der Waals surface area contributed by atoms with Gasteiger partial charge in [-0.25, -0.2) is 8.42 Å². The van der Waals surface area contributed by atoms with Crippen LogP contribution in [-0.4, -0.2) is 29.9 Å². The molecule has 0 spiro atoms. The van der Waals surface area contributed by atoms with Crippen molar-refractivity contribution in [3.8, 4) is 0 Å². The van der Waals surface area contributed by atoms with Crippen molar-refractivity contribution in [3.05, 3.63) is 41.2 Å². The highest BCUT2D eigenvalue weighted by Crippen LogP contribution is 2.24. The lowest BCUT2D eigenvalue weighted by Crippen LogP contribution is -2.16. The molecule has 0 radical (unpaired) electrons. The van der Waals surface area contributed by atoms with Gasteiger partial charge in [-0.3, -0.25) is 9.40 Å². The van der Waals surface area contributed by atoms with Gasteiger partial charge >= 0.3 is 0 Å². The number of benzene rings is 1. The molecule has 1 aromatic carbocycles. The largest absolute Gasteiger partial charge is 0.394 e. The highest BCUT2D eigenvalue weighted by atomic mass is 32.2. The van der Waals surface area contributed by atoms with Crippen LogP contribution in [0.5, 0.6) is 0 Å². The van der Waals surface area contributed by atoms with Crippen molar-refractivity contribution in [2.75, 3.05) is 11.3 Å². The molecule has 2 aromatic rings. The van der Waals surface area contributed by atoms with Crippen LogP contribution in [0.15, 0.2) is 29.2 Å². The minimum Gasteiger partial charge on any atom is -0.394 e.